The second-order valence-corrected chi connectivity index (χ2v) is 15.9. The van der Waals surface area contributed by atoms with E-state index in [1.54, 1.807) is 6.07 Å². The normalized spacial score (nSPS) is 11.3. The van der Waals surface area contributed by atoms with E-state index in [2.05, 4.69) is 75.5 Å². The first-order valence-corrected chi connectivity index (χ1v) is 19.3. The number of halogens is 5. The monoisotopic (exact) mass is 838 g/mol. The van der Waals surface area contributed by atoms with E-state index in [0.29, 0.717) is 83.1 Å². The van der Waals surface area contributed by atoms with Gasteiger partial charge in [-0.15, -0.1) is 30.6 Å². The minimum atomic E-state index is -0.182. The fourth-order valence-electron chi connectivity index (χ4n) is 4.72. The minimum absolute atomic E-state index is 0.0968. The first kappa shape index (κ1) is 39.9. The molecule has 272 valence electrons. The highest BCUT2D eigenvalue weighted by molar-refractivity contribution is 7.99. The van der Waals surface area contributed by atoms with Crippen LogP contribution in [-0.4, -0.2) is 61.6 Å². The van der Waals surface area contributed by atoms with Crippen molar-refractivity contribution in [1.29, 1.82) is 0 Å². The molecule has 4 aromatic heterocycles. The highest BCUT2D eigenvalue weighted by Gasteiger charge is 2.16. The fraction of sp³-hybridized carbons (Fsp3) is 0.312. The average molecular weight is 841 g/mol. The summed E-state index contributed by atoms with van der Waals surface area (Å²) in [6.07, 6.45) is 2.69. The van der Waals surface area contributed by atoms with Gasteiger partial charge >= 0.3 is 0 Å². The summed E-state index contributed by atoms with van der Waals surface area (Å²) in [7, 11) is 0. The maximum Gasteiger partial charge on any atom is 0.267 e. The van der Waals surface area contributed by atoms with E-state index < -0.39 is 0 Å². The Hall–Kier alpha value is -3.31. The van der Waals surface area contributed by atoms with Crippen molar-refractivity contribution in [3.05, 3.63) is 106 Å². The number of tetrazole rings is 2. The van der Waals surface area contributed by atoms with Crippen molar-refractivity contribution in [1.82, 2.24) is 61.6 Å². The van der Waals surface area contributed by atoms with Crippen LogP contribution >= 0.6 is 81.5 Å². The Labute approximate surface area is 332 Å². The van der Waals surface area contributed by atoms with Crippen LogP contribution in [0.4, 0.5) is 0 Å². The largest absolute Gasteiger partial charge is 0.268 e. The molecule has 0 saturated heterocycles. The first-order chi connectivity index (χ1) is 24.9. The molecular weight excluding hydrogens is 810 g/mol. The molecule has 3 N–H and O–H groups in total. The van der Waals surface area contributed by atoms with E-state index in [4.69, 9.17) is 58.0 Å². The van der Waals surface area contributed by atoms with Crippen LogP contribution < -0.4 is 5.56 Å². The lowest BCUT2D eigenvalue weighted by Gasteiger charge is -2.11. The first-order valence-electron chi connectivity index (χ1n) is 15.8. The van der Waals surface area contributed by atoms with Gasteiger partial charge in [0.15, 0.2) is 16.8 Å². The molecule has 52 heavy (non-hydrogen) atoms. The lowest BCUT2D eigenvalue weighted by Crippen LogP contribution is -2.15. The van der Waals surface area contributed by atoms with Crippen LogP contribution in [0.15, 0.2) is 61.0 Å². The molecule has 0 unspecified atom stereocenters. The average Bonchev–Trinajstić information content (AvgIpc) is 3.83. The number of hydrogen-bond donors (Lipinski definition) is 3. The molecule has 0 fully saturated rings. The molecule has 0 saturated carbocycles. The summed E-state index contributed by atoms with van der Waals surface area (Å²) in [6, 6.07) is 11.2. The maximum absolute atomic E-state index is 11.8. The van der Waals surface area contributed by atoms with Gasteiger partial charge in [0.2, 0.25) is 0 Å². The highest BCUT2D eigenvalue weighted by atomic mass is 35.5. The zero-order valence-corrected chi connectivity index (χ0v) is 33.5. The standard InChI is InChI=1S/C16H15Cl3N6S.C16H16Cl2N6OS/c1-8(2)10-7-14(22-23-16(10)19)26-15-11(17)5-9(6-12(15)18)3-4-13-20-24-25-21-13;1-8(2)10-7-14(21-22-16(10)25)26-15-11(17)5-9(6-12(15)18)3-4-13-19-23-24-20-13/h5-8H,3-4H2,1-2H3,(H,20,21,24,25);5-8H,3-4H2,1-2H3,(H,22,25)(H,19,20,23,24). The Kier molecular flexibility index (Phi) is 14.3. The van der Waals surface area contributed by atoms with Crippen LogP contribution in [0, 0.1) is 0 Å². The maximum atomic E-state index is 11.8. The number of aryl methyl sites for hydroxylation is 4. The number of nitrogens with zero attached hydrogens (tertiary/aromatic N) is 9. The second kappa shape index (κ2) is 18.6. The van der Waals surface area contributed by atoms with Crippen molar-refractivity contribution in [2.45, 2.75) is 85.1 Å². The lowest BCUT2D eigenvalue weighted by molar-refractivity contribution is 0.791. The summed E-state index contributed by atoms with van der Waals surface area (Å²) in [6.45, 7) is 8.01. The number of H-pyrrole nitrogens is 3. The topological polar surface area (TPSA) is 180 Å². The molecular formula is C32H31Cl5N12OS2. The summed E-state index contributed by atoms with van der Waals surface area (Å²) >= 11 is 34.5. The Morgan fingerprint density at radius 3 is 1.48 bits per heavy atom. The summed E-state index contributed by atoms with van der Waals surface area (Å²) < 4.78 is 0. The van der Waals surface area contributed by atoms with Crippen molar-refractivity contribution in [3.8, 4) is 0 Å². The zero-order valence-electron chi connectivity index (χ0n) is 28.1. The number of aromatic amines is 3. The third-order valence-corrected chi connectivity index (χ3v) is 11.4. The van der Waals surface area contributed by atoms with Gasteiger partial charge in [0.1, 0.15) is 10.1 Å². The molecule has 0 radical (unpaired) electrons. The second-order valence-electron chi connectivity index (χ2n) is 11.9. The van der Waals surface area contributed by atoms with Gasteiger partial charge < -0.3 is 0 Å². The predicted molar refractivity (Wildman–Crippen MR) is 204 cm³/mol. The molecule has 0 spiro atoms. The van der Waals surface area contributed by atoms with Gasteiger partial charge in [-0.1, -0.05) is 120 Å². The van der Waals surface area contributed by atoms with Gasteiger partial charge in [0.25, 0.3) is 5.56 Å². The van der Waals surface area contributed by atoms with E-state index in [0.717, 1.165) is 21.6 Å². The molecule has 0 bridgehead atoms. The molecule has 0 aliphatic heterocycles. The molecule has 4 heterocycles. The van der Waals surface area contributed by atoms with E-state index in [-0.39, 0.29) is 17.4 Å². The Balaban J connectivity index is 0.000000201. The van der Waals surface area contributed by atoms with Crippen molar-refractivity contribution in [2.24, 2.45) is 0 Å². The molecule has 20 heteroatoms. The van der Waals surface area contributed by atoms with E-state index in [1.165, 1.54) is 23.5 Å². The van der Waals surface area contributed by atoms with Crippen LogP contribution in [0.2, 0.25) is 25.2 Å². The summed E-state index contributed by atoms with van der Waals surface area (Å²) in [5, 5.41) is 46.3. The summed E-state index contributed by atoms with van der Waals surface area (Å²) in [4.78, 5) is 13.3. The van der Waals surface area contributed by atoms with Gasteiger partial charge in [0, 0.05) is 18.4 Å². The van der Waals surface area contributed by atoms with Crippen LogP contribution in [0.5, 0.6) is 0 Å². The Morgan fingerprint density at radius 1 is 0.577 bits per heavy atom. The third kappa shape index (κ3) is 10.9. The Bertz CT molecular complexity index is 2120. The van der Waals surface area contributed by atoms with E-state index in [1.807, 2.05) is 44.2 Å². The molecule has 13 nitrogen and oxygen atoms in total. The number of aromatic nitrogens is 12. The van der Waals surface area contributed by atoms with Crippen molar-refractivity contribution in [3.63, 3.8) is 0 Å². The minimum Gasteiger partial charge on any atom is -0.268 e. The number of nitrogens with one attached hydrogen (secondary N) is 3. The molecule has 6 rings (SSSR count). The van der Waals surface area contributed by atoms with Crippen molar-refractivity contribution in [2.75, 3.05) is 0 Å². The molecule has 0 aliphatic carbocycles. The van der Waals surface area contributed by atoms with Crippen LogP contribution in [0.25, 0.3) is 0 Å². The van der Waals surface area contributed by atoms with Gasteiger partial charge in [-0.3, -0.25) is 4.79 Å². The summed E-state index contributed by atoms with van der Waals surface area (Å²) in [5.74, 6) is 1.62. The third-order valence-electron chi connectivity index (χ3n) is 7.39. The number of benzene rings is 2. The van der Waals surface area contributed by atoms with Crippen LogP contribution in [0.3, 0.4) is 0 Å². The molecule has 0 atom stereocenters. The van der Waals surface area contributed by atoms with Crippen molar-refractivity contribution < 1.29 is 0 Å². The van der Waals surface area contributed by atoms with Gasteiger partial charge in [0.05, 0.1) is 29.9 Å². The quantitative estimate of drug-likeness (QED) is 0.107. The molecule has 0 amide bonds. The van der Waals surface area contributed by atoms with Gasteiger partial charge in [-0.2, -0.15) is 15.5 Å². The SMILES string of the molecule is CC(C)c1cc(Sc2c(Cl)cc(CCc3nn[nH]n3)cc2Cl)n[nH]c1=O.CC(C)c1cc(Sc2c(Cl)cc(CCc3nn[nH]n3)cc2Cl)nnc1Cl. The van der Waals surface area contributed by atoms with E-state index >= 15 is 0 Å². The lowest BCUT2D eigenvalue weighted by atomic mass is 10.1. The number of rotatable bonds is 12. The molecule has 0 aliphatic rings. The Morgan fingerprint density at radius 2 is 1.04 bits per heavy atom. The van der Waals surface area contributed by atoms with Crippen molar-refractivity contribution >= 4 is 81.5 Å². The van der Waals surface area contributed by atoms with Gasteiger partial charge in [-0.25, -0.2) is 5.10 Å². The van der Waals surface area contributed by atoms with Crippen LogP contribution in [0.1, 0.15) is 73.4 Å². The van der Waals surface area contributed by atoms with Gasteiger partial charge in [-0.05, 0) is 77.8 Å². The smallest absolute Gasteiger partial charge is 0.267 e. The fourth-order valence-corrected chi connectivity index (χ4v) is 8.14. The van der Waals surface area contributed by atoms with E-state index in [9.17, 15) is 4.79 Å². The zero-order chi connectivity index (χ0) is 37.4. The number of hydrogen-bond acceptors (Lipinski definition) is 12. The predicted octanol–water partition coefficient (Wildman–Crippen LogP) is 8.66. The molecule has 2 aromatic carbocycles. The highest BCUT2D eigenvalue weighted by Crippen LogP contribution is 2.41. The van der Waals surface area contributed by atoms with Crippen LogP contribution in [-0.2, 0) is 25.7 Å². The summed E-state index contributed by atoms with van der Waals surface area (Å²) in [5.41, 5.74) is 3.41. The molecule has 6 aromatic rings.